The van der Waals surface area contributed by atoms with Crippen LogP contribution in [0.3, 0.4) is 0 Å². The van der Waals surface area contributed by atoms with Crippen LogP contribution in [0.5, 0.6) is 0 Å². The summed E-state index contributed by atoms with van der Waals surface area (Å²) >= 11 is 0. The van der Waals surface area contributed by atoms with Gasteiger partial charge in [0.05, 0.1) is 0 Å². The lowest BCUT2D eigenvalue weighted by atomic mass is 10.1. The summed E-state index contributed by atoms with van der Waals surface area (Å²) in [5.41, 5.74) is 1.34. The van der Waals surface area contributed by atoms with Crippen molar-refractivity contribution in [1.82, 2.24) is 0 Å². The van der Waals surface area contributed by atoms with Gasteiger partial charge in [0.15, 0.2) is 0 Å². The van der Waals surface area contributed by atoms with Gasteiger partial charge in [0, 0.05) is 5.57 Å². The third-order valence-corrected chi connectivity index (χ3v) is 2.54. The van der Waals surface area contributed by atoms with Crippen LogP contribution in [-0.4, -0.2) is 0 Å². The Hall–Kier alpha value is -1.37. The van der Waals surface area contributed by atoms with Crippen molar-refractivity contribution in [1.29, 1.82) is 0 Å². The molecule has 86 valence electrons. The van der Waals surface area contributed by atoms with Gasteiger partial charge in [-0.25, -0.2) is 4.39 Å². The lowest BCUT2D eigenvalue weighted by molar-refractivity contribution is 0.655. The van der Waals surface area contributed by atoms with Crippen LogP contribution in [0.1, 0.15) is 38.2 Å². The number of allylic oxidation sites excluding steroid dienone is 3. The number of hydrogen-bond donors (Lipinski definition) is 0. The van der Waals surface area contributed by atoms with Gasteiger partial charge in [-0.05, 0) is 24.5 Å². The standard InChI is InChI=1S/C15H19F/c1-3-4-5-9-12-15(16)13(2)14-10-7-6-8-11-14/h6-8,10-12H,2-5,9H2,1H3/b15-12+. The van der Waals surface area contributed by atoms with E-state index in [0.717, 1.165) is 31.2 Å². The molecule has 0 spiro atoms. The summed E-state index contributed by atoms with van der Waals surface area (Å²) in [6.07, 6.45) is 5.80. The van der Waals surface area contributed by atoms with Gasteiger partial charge < -0.3 is 0 Å². The second-order valence-corrected chi connectivity index (χ2v) is 3.89. The molecule has 0 nitrogen and oxygen atoms in total. The number of unbranched alkanes of at least 4 members (excludes halogenated alkanes) is 3. The fourth-order valence-electron chi connectivity index (χ4n) is 1.52. The average molecular weight is 218 g/mol. The van der Waals surface area contributed by atoms with Crippen molar-refractivity contribution in [3.05, 3.63) is 54.4 Å². The molecule has 0 atom stereocenters. The molecule has 1 aromatic rings. The first-order chi connectivity index (χ1) is 7.75. The summed E-state index contributed by atoms with van der Waals surface area (Å²) in [7, 11) is 0. The zero-order valence-electron chi connectivity index (χ0n) is 9.88. The molecule has 0 saturated heterocycles. The highest BCUT2D eigenvalue weighted by Gasteiger charge is 2.03. The Kier molecular flexibility index (Phi) is 5.55. The normalized spacial score (nSPS) is 11.5. The molecule has 1 rings (SSSR count). The molecule has 0 bridgehead atoms. The predicted molar refractivity (Wildman–Crippen MR) is 68.8 cm³/mol. The first kappa shape index (κ1) is 12.7. The van der Waals surface area contributed by atoms with Crippen LogP contribution in [0.25, 0.3) is 5.57 Å². The molecule has 0 aromatic heterocycles. The Bertz CT molecular complexity index is 349. The molecule has 0 unspecified atom stereocenters. The maximum absolute atomic E-state index is 13.7. The quantitative estimate of drug-likeness (QED) is 0.458. The molecule has 0 aliphatic rings. The van der Waals surface area contributed by atoms with Gasteiger partial charge in [0.25, 0.3) is 0 Å². The van der Waals surface area contributed by atoms with E-state index in [9.17, 15) is 4.39 Å². The summed E-state index contributed by atoms with van der Waals surface area (Å²) in [6.45, 7) is 5.92. The zero-order valence-corrected chi connectivity index (χ0v) is 9.88. The summed E-state index contributed by atoms with van der Waals surface area (Å²) < 4.78 is 13.7. The van der Waals surface area contributed by atoms with Crippen molar-refractivity contribution in [3.63, 3.8) is 0 Å². The minimum atomic E-state index is -0.192. The molecule has 0 aliphatic carbocycles. The highest BCUT2D eigenvalue weighted by molar-refractivity contribution is 5.74. The second kappa shape index (κ2) is 7.00. The van der Waals surface area contributed by atoms with Gasteiger partial charge in [-0.2, -0.15) is 0 Å². The van der Waals surface area contributed by atoms with Gasteiger partial charge in [-0.15, -0.1) is 0 Å². The molecule has 0 aliphatic heterocycles. The first-order valence-corrected chi connectivity index (χ1v) is 5.86. The van der Waals surface area contributed by atoms with Gasteiger partial charge in [-0.1, -0.05) is 56.7 Å². The summed E-state index contributed by atoms with van der Waals surface area (Å²) in [5, 5.41) is 0. The minimum absolute atomic E-state index is 0.192. The minimum Gasteiger partial charge on any atom is -0.207 e. The van der Waals surface area contributed by atoms with Gasteiger partial charge in [-0.3, -0.25) is 0 Å². The summed E-state index contributed by atoms with van der Waals surface area (Å²) in [5.74, 6) is -0.192. The van der Waals surface area contributed by atoms with E-state index in [4.69, 9.17) is 0 Å². The van der Waals surface area contributed by atoms with E-state index < -0.39 is 0 Å². The topological polar surface area (TPSA) is 0 Å². The molecule has 1 heteroatoms. The van der Waals surface area contributed by atoms with Crippen molar-refractivity contribution in [2.75, 3.05) is 0 Å². The third-order valence-electron chi connectivity index (χ3n) is 2.54. The van der Waals surface area contributed by atoms with E-state index >= 15 is 0 Å². The van der Waals surface area contributed by atoms with E-state index in [1.165, 1.54) is 0 Å². The van der Waals surface area contributed by atoms with Crippen LogP contribution in [0.15, 0.2) is 48.8 Å². The van der Waals surface area contributed by atoms with E-state index in [1.54, 1.807) is 6.08 Å². The van der Waals surface area contributed by atoms with Crippen LogP contribution in [0, 0.1) is 0 Å². The fourth-order valence-corrected chi connectivity index (χ4v) is 1.52. The van der Waals surface area contributed by atoms with Gasteiger partial charge >= 0.3 is 0 Å². The highest BCUT2D eigenvalue weighted by atomic mass is 19.1. The monoisotopic (exact) mass is 218 g/mol. The molecule has 0 fully saturated rings. The third kappa shape index (κ3) is 4.01. The maximum Gasteiger partial charge on any atom is 0.126 e. The fraction of sp³-hybridized carbons (Fsp3) is 0.333. The molecule has 0 heterocycles. The molecule has 0 N–H and O–H groups in total. The Morgan fingerprint density at radius 1 is 1.25 bits per heavy atom. The van der Waals surface area contributed by atoms with Crippen LogP contribution >= 0.6 is 0 Å². The molecule has 1 aromatic carbocycles. The van der Waals surface area contributed by atoms with Gasteiger partial charge in [0.2, 0.25) is 0 Å². The molecular formula is C15H19F. The maximum atomic E-state index is 13.7. The summed E-state index contributed by atoms with van der Waals surface area (Å²) in [6, 6.07) is 9.46. The van der Waals surface area contributed by atoms with Crippen LogP contribution in [0.4, 0.5) is 4.39 Å². The number of hydrogen-bond acceptors (Lipinski definition) is 0. The SMILES string of the molecule is C=C(/C(F)=C\CCCCC)c1ccccc1. The van der Waals surface area contributed by atoms with Crippen molar-refractivity contribution in [2.24, 2.45) is 0 Å². The van der Waals surface area contributed by atoms with Crippen molar-refractivity contribution >= 4 is 5.57 Å². The molecule has 0 amide bonds. The lowest BCUT2D eigenvalue weighted by Crippen LogP contribution is -1.83. The molecule has 0 saturated carbocycles. The Labute approximate surface area is 97.5 Å². The number of benzene rings is 1. The van der Waals surface area contributed by atoms with E-state index in [0.29, 0.717) is 5.57 Å². The Morgan fingerprint density at radius 3 is 2.56 bits per heavy atom. The lowest BCUT2D eigenvalue weighted by Gasteiger charge is -2.03. The van der Waals surface area contributed by atoms with Crippen LogP contribution < -0.4 is 0 Å². The largest absolute Gasteiger partial charge is 0.207 e. The Morgan fingerprint density at radius 2 is 1.94 bits per heavy atom. The number of rotatable bonds is 6. The predicted octanol–water partition coefficient (Wildman–Crippen LogP) is 5.13. The van der Waals surface area contributed by atoms with Crippen molar-refractivity contribution < 1.29 is 4.39 Å². The molecular weight excluding hydrogens is 199 g/mol. The van der Waals surface area contributed by atoms with Crippen LogP contribution in [-0.2, 0) is 0 Å². The number of halogens is 1. The van der Waals surface area contributed by atoms with E-state index in [-0.39, 0.29) is 5.83 Å². The first-order valence-electron chi connectivity index (χ1n) is 5.86. The second-order valence-electron chi connectivity index (χ2n) is 3.89. The van der Waals surface area contributed by atoms with E-state index in [2.05, 4.69) is 13.5 Å². The van der Waals surface area contributed by atoms with Gasteiger partial charge in [0.1, 0.15) is 5.83 Å². The van der Waals surface area contributed by atoms with Crippen molar-refractivity contribution in [2.45, 2.75) is 32.6 Å². The molecule has 16 heavy (non-hydrogen) atoms. The average Bonchev–Trinajstić information content (AvgIpc) is 2.34. The highest BCUT2D eigenvalue weighted by Crippen LogP contribution is 2.22. The smallest absolute Gasteiger partial charge is 0.126 e. The summed E-state index contributed by atoms with van der Waals surface area (Å²) in [4.78, 5) is 0. The van der Waals surface area contributed by atoms with Crippen molar-refractivity contribution in [3.8, 4) is 0 Å². The van der Waals surface area contributed by atoms with E-state index in [1.807, 2.05) is 30.3 Å². The van der Waals surface area contributed by atoms with Crippen LogP contribution in [0.2, 0.25) is 0 Å². The molecule has 0 radical (unpaired) electrons. The zero-order chi connectivity index (χ0) is 11.8. The Balaban J connectivity index is 2.54.